The molecule has 8 nitrogen and oxygen atoms in total. The lowest BCUT2D eigenvalue weighted by Gasteiger charge is -2.13. The van der Waals surface area contributed by atoms with E-state index in [2.05, 4.69) is 15.3 Å². The summed E-state index contributed by atoms with van der Waals surface area (Å²) in [6.07, 6.45) is 1.66. The number of benzene rings is 2. The average Bonchev–Trinajstić information content (AvgIpc) is 3.17. The number of pyridine rings is 1. The van der Waals surface area contributed by atoms with Crippen LogP contribution in [0, 0.1) is 6.92 Å². The Labute approximate surface area is 185 Å². The van der Waals surface area contributed by atoms with Crippen molar-refractivity contribution in [2.45, 2.75) is 6.92 Å². The van der Waals surface area contributed by atoms with E-state index in [4.69, 9.17) is 18.9 Å². The van der Waals surface area contributed by atoms with Crippen LogP contribution in [0.15, 0.2) is 47.1 Å². The van der Waals surface area contributed by atoms with Crippen molar-refractivity contribution in [3.8, 4) is 23.1 Å². The SMILES string of the molecule is COc1cc(C2=N/C(=C\c3cc4cccc(C)c4nc3OC)C(=O)N2)cc(OC)c1OC. The van der Waals surface area contributed by atoms with Gasteiger partial charge >= 0.3 is 0 Å². The molecule has 8 heteroatoms. The number of hydrogen-bond donors (Lipinski definition) is 1. The summed E-state index contributed by atoms with van der Waals surface area (Å²) >= 11 is 0. The van der Waals surface area contributed by atoms with Crippen molar-refractivity contribution < 1.29 is 23.7 Å². The maximum Gasteiger partial charge on any atom is 0.275 e. The number of carbonyl (C=O) groups excluding carboxylic acids is 1. The lowest BCUT2D eigenvalue weighted by molar-refractivity contribution is -0.115. The molecular formula is C24H23N3O5. The van der Waals surface area contributed by atoms with Crippen LogP contribution >= 0.6 is 0 Å². The van der Waals surface area contributed by atoms with Gasteiger partial charge in [-0.15, -0.1) is 0 Å². The number of amidine groups is 1. The molecule has 0 saturated heterocycles. The second-order valence-electron chi connectivity index (χ2n) is 7.09. The summed E-state index contributed by atoms with van der Waals surface area (Å²) < 4.78 is 21.6. The van der Waals surface area contributed by atoms with E-state index in [-0.39, 0.29) is 11.6 Å². The molecule has 4 rings (SSSR count). The molecule has 0 radical (unpaired) electrons. The van der Waals surface area contributed by atoms with Gasteiger partial charge in [-0.3, -0.25) is 4.79 Å². The number of amides is 1. The third kappa shape index (κ3) is 3.71. The predicted molar refractivity (Wildman–Crippen MR) is 122 cm³/mol. The Bertz CT molecular complexity index is 1260. The van der Waals surface area contributed by atoms with Crippen LogP contribution in [0.1, 0.15) is 16.7 Å². The summed E-state index contributed by atoms with van der Waals surface area (Å²) in [5.41, 5.74) is 3.41. The molecule has 0 saturated carbocycles. The third-order valence-electron chi connectivity index (χ3n) is 5.16. The van der Waals surface area contributed by atoms with Gasteiger partial charge in [0.15, 0.2) is 11.5 Å². The average molecular weight is 433 g/mol. The lowest BCUT2D eigenvalue weighted by Crippen LogP contribution is -2.24. The summed E-state index contributed by atoms with van der Waals surface area (Å²) in [6, 6.07) is 11.3. The largest absolute Gasteiger partial charge is 0.493 e. The van der Waals surface area contributed by atoms with Crippen molar-refractivity contribution in [3.63, 3.8) is 0 Å². The highest BCUT2D eigenvalue weighted by molar-refractivity contribution is 6.20. The van der Waals surface area contributed by atoms with Gasteiger partial charge in [0.1, 0.15) is 11.5 Å². The van der Waals surface area contributed by atoms with E-state index in [9.17, 15) is 4.79 Å². The van der Waals surface area contributed by atoms with Gasteiger partial charge in [-0.2, -0.15) is 0 Å². The minimum atomic E-state index is -0.333. The molecule has 0 unspecified atom stereocenters. The van der Waals surface area contributed by atoms with Crippen LogP contribution in [-0.2, 0) is 4.79 Å². The Morgan fingerprint density at radius 2 is 1.66 bits per heavy atom. The molecule has 2 aromatic carbocycles. The first-order chi connectivity index (χ1) is 15.5. The Morgan fingerprint density at radius 1 is 0.938 bits per heavy atom. The zero-order valence-corrected chi connectivity index (χ0v) is 18.5. The van der Waals surface area contributed by atoms with Crippen LogP contribution in [0.5, 0.6) is 23.1 Å². The normalized spacial score (nSPS) is 14.3. The van der Waals surface area contributed by atoms with Crippen LogP contribution in [0.3, 0.4) is 0 Å². The van der Waals surface area contributed by atoms with Crippen molar-refractivity contribution in [1.29, 1.82) is 0 Å². The first kappa shape index (κ1) is 21.2. The highest BCUT2D eigenvalue weighted by atomic mass is 16.5. The van der Waals surface area contributed by atoms with E-state index in [0.717, 1.165) is 16.5 Å². The molecule has 0 spiro atoms. The molecule has 1 amide bonds. The molecule has 2 heterocycles. The Hall–Kier alpha value is -4.07. The van der Waals surface area contributed by atoms with Gasteiger partial charge in [0.05, 0.1) is 34.0 Å². The molecule has 0 bridgehead atoms. The Morgan fingerprint density at radius 3 is 2.28 bits per heavy atom. The van der Waals surface area contributed by atoms with Gasteiger partial charge < -0.3 is 24.3 Å². The van der Waals surface area contributed by atoms with Crippen molar-refractivity contribution in [3.05, 3.63) is 58.8 Å². The van der Waals surface area contributed by atoms with Crippen LogP contribution in [0.4, 0.5) is 0 Å². The van der Waals surface area contributed by atoms with E-state index >= 15 is 0 Å². The second kappa shape index (κ2) is 8.58. The number of fused-ring (bicyclic) bond motifs is 1. The molecule has 164 valence electrons. The number of aromatic nitrogens is 1. The first-order valence-corrected chi connectivity index (χ1v) is 9.85. The van der Waals surface area contributed by atoms with E-state index in [1.807, 2.05) is 31.2 Å². The molecule has 0 atom stereocenters. The Kier molecular flexibility index (Phi) is 5.68. The highest BCUT2D eigenvalue weighted by Gasteiger charge is 2.24. The number of nitrogens with zero attached hydrogens (tertiary/aromatic N) is 2. The quantitative estimate of drug-likeness (QED) is 0.599. The molecule has 0 aliphatic carbocycles. The third-order valence-corrected chi connectivity index (χ3v) is 5.16. The highest BCUT2D eigenvalue weighted by Crippen LogP contribution is 2.38. The number of aryl methyl sites for hydroxylation is 1. The number of nitrogens with one attached hydrogen (secondary N) is 1. The minimum Gasteiger partial charge on any atom is -0.493 e. The monoisotopic (exact) mass is 433 g/mol. The van der Waals surface area contributed by atoms with Gasteiger partial charge in [-0.05, 0) is 36.8 Å². The molecule has 32 heavy (non-hydrogen) atoms. The zero-order valence-electron chi connectivity index (χ0n) is 18.5. The van der Waals surface area contributed by atoms with E-state index in [1.165, 1.54) is 21.3 Å². The summed E-state index contributed by atoms with van der Waals surface area (Å²) in [7, 11) is 6.14. The van der Waals surface area contributed by atoms with E-state index in [1.54, 1.807) is 25.3 Å². The van der Waals surface area contributed by atoms with Crippen LogP contribution in [0.25, 0.3) is 17.0 Å². The number of hydrogen-bond acceptors (Lipinski definition) is 7. The summed E-state index contributed by atoms with van der Waals surface area (Å²) in [6.45, 7) is 1.99. The maximum absolute atomic E-state index is 12.7. The summed E-state index contributed by atoms with van der Waals surface area (Å²) in [4.78, 5) is 21.8. The number of para-hydroxylation sites is 1. The lowest BCUT2D eigenvalue weighted by atomic mass is 10.1. The predicted octanol–water partition coefficient (Wildman–Crippen LogP) is 3.50. The first-order valence-electron chi connectivity index (χ1n) is 9.85. The second-order valence-corrected chi connectivity index (χ2v) is 7.09. The molecule has 3 aromatic rings. The fourth-order valence-electron chi connectivity index (χ4n) is 3.58. The van der Waals surface area contributed by atoms with Crippen molar-refractivity contribution in [2.24, 2.45) is 4.99 Å². The smallest absolute Gasteiger partial charge is 0.275 e. The number of methoxy groups -OCH3 is 4. The number of ether oxygens (including phenoxy) is 4. The summed E-state index contributed by atoms with van der Waals surface area (Å²) in [5.74, 6) is 1.86. The molecular weight excluding hydrogens is 410 g/mol. The van der Waals surface area contributed by atoms with Crippen molar-refractivity contribution >= 4 is 28.7 Å². The van der Waals surface area contributed by atoms with Gasteiger partial charge in [0.2, 0.25) is 11.6 Å². The molecule has 0 fully saturated rings. The van der Waals surface area contributed by atoms with Gasteiger partial charge in [0, 0.05) is 16.5 Å². The van der Waals surface area contributed by atoms with E-state index < -0.39 is 0 Å². The number of rotatable bonds is 6. The van der Waals surface area contributed by atoms with Crippen LogP contribution in [0.2, 0.25) is 0 Å². The van der Waals surface area contributed by atoms with Crippen LogP contribution in [-0.4, -0.2) is 45.2 Å². The number of aliphatic imine (C=N–C) groups is 1. The minimum absolute atomic E-state index is 0.237. The molecule has 1 aliphatic heterocycles. The van der Waals surface area contributed by atoms with Crippen molar-refractivity contribution in [2.75, 3.05) is 28.4 Å². The van der Waals surface area contributed by atoms with Gasteiger partial charge in [0.25, 0.3) is 5.91 Å². The van der Waals surface area contributed by atoms with Gasteiger partial charge in [-0.25, -0.2) is 9.98 Å². The van der Waals surface area contributed by atoms with Crippen molar-refractivity contribution in [1.82, 2.24) is 10.3 Å². The number of carbonyl (C=O) groups is 1. The zero-order chi connectivity index (χ0) is 22.8. The fraction of sp³-hybridized carbons (Fsp3) is 0.208. The van der Waals surface area contributed by atoms with Gasteiger partial charge in [-0.1, -0.05) is 18.2 Å². The molecule has 1 aromatic heterocycles. The topological polar surface area (TPSA) is 91.3 Å². The maximum atomic E-state index is 12.7. The summed E-state index contributed by atoms with van der Waals surface area (Å²) in [5, 5.41) is 3.74. The van der Waals surface area contributed by atoms with Crippen LogP contribution < -0.4 is 24.3 Å². The van der Waals surface area contributed by atoms with E-state index in [0.29, 0.717) is 40.1 Å². The molecule has 1 N–H and O–H groups in total. The Balaban J connectivity index is 1.79. The standard InChI is InChI=1S/C24H23N3O5/c1-13-7-6-8-14-9-16(24(32-5)26-20(13)14)10-17-23(28)27-22(25-17)15-11-18(29-2)21(31-4)19(12-15)30-3/h6-12H,1-5H3,(H,25,27,28)/b17-10-. The molecule has 1 aliphatic rings. The fourth-order valence-corrected chi connectivity index (χ4v) is 3.58.